The van der Waals surface area contributed by atoms with Gasteiger partial charge in [0.2, 0.25) is 5.91 Å². The Morgan fingerprint density at radius 1 is 1.04 bits per heavy atom. The maximum atomic E-state index is 12.6. The summed E-state index contributed by atoms with van der Waals surface area (Å²) in [7, 11) is 0. The molecule has 1 aliphatic carbocycles. The molecule has 0 bridgehead atoms. The van der Waals surface area contributed by atoms with Gasteiger partial charge >= 0.3 is 0 Å². The van der Waals surface area contributed by atoms with Crippen molar-refractivity contribution in [2.75, 3.05) is 5.32 Å². The highest BCUT2D eigenvalue weighted by Gasteiger charge is 2.43. The third-order valence-electron chi connectivity index (χ3n) is 5.14. The second-order valence-electron chi connectivity index (χ2n) is 7.60. The third-order valence-corrected chi connectivity index (χ3v) is 5.14. The first kappa shape index (κ1) is 17.7. The van der Waals surface area contributed by atoms with Gasteiger partial charge in [0, 0.05) is 11.6 Å². The van der Waals surface area contributed by atoms with Crippen LogP contribution in [0.3, 0.4) is 0 Å². The quantitative estimate of drug-likeness (QED) is 0.630. The van der Waals surface area contributed by atoms with Crippen LogP contribution >= 0.6 is 0 Å². The Bertz CT molecular complexity index is 946. The summed E-state index contributed by atoms with van der Waals surface area (Å²) >= 11 is 0. The van der Waals surface area contributed by atoms with Crippen molar-refractivity contribution in [1.29, 1.82) is 0 Å². The van der Waals surface area contributed by atoms with Gasteiger partial charge < -0.3 is 10.1 Å². The predicted molar refractivity (Wildman–Crippen MR) is 110 cm³/mol. The van der Waals surface area contributed by atoms with E-state index in [1.807, 2.05) is 44.2 Å². The second-order valence-corrected chi connectivity index (χ2v) is 7.60. The summed E-state index contributed by atoms with van der Waals surface area (Å²) in [6.07, 6.45) is 1.15. The monoisotopic (exact) mass is 359 g/mol. The van der Waals surface area contributed by atoms with E-state index >= 15 is 0 Å². The molecule has 1 saturated carbocycles. The molecule has 4 rings (SSSR count). The Balaban J connectivity index is 1.36. The molecule has 3 heteroatoms. The van der Waals surface area contributed by atoms with Gasteiger partial charge in [0.1, 0.15) is 0 Å². The van der Waals surface area contributed by atoms with Crippen molar-refractivity contribution in [3.05, 3.63) is 77.9 Å². The fraction of sp³-hybridized carbons (Fsp3) is 0.292. The zero-order valence-corrected chi connectivity index (χ0v) is 15.8. The second kappa shape index (κ2) is 7.53. The van der Waals surface area contributed by atoms with E-state index in [0.717, 1.165) is 17.5 Å². The topological polar surface area (TPSA) is 38.3 Å². The predicted octanol–water partition coefficient (Wildman–Crippen LogP) is 5.51. The average molecular weight is 359 g/mol. The van der Waals surface area contributed by atoms with Gasteiger partial charge in [-0.05, 0) is 60.2 Å². The number of anilines is 1. The number of ether oxygens (including phenoxy) is 1. The Hall–Kier alpha value is -2.65. The zero-order chi connectivity index (χ0) is 18.8. The van der Waals surface area contributed by atoms with Gasteiger partial charge in [0.15, 0.2) is 0 Å². The lowest BCUT2D eigenvalue weighted by atomic mass is 10.1. The van der Waals surface area contributed by atoms with Crippen molar-refractivity contribution >= 4 is 22.4 Å². The van der Waals surface area contributed by atoms with Crippen LogP contribution in [-0.2, 0) is 16.1 Å². The van der Waals surface area contributed by atoms with Crippen molar-refractivity contribution in [3.63, 3.8) is 0 Å². The molecule has 1 N–H and O–H groups in total. The average Bonchev–Trinajstić information content (AvgIpc) is 3.48. The van der Waals surface area contributed by atoms with E-state index in [1.54, 1.807) is 0 Å². The van der Waals surface area contributed by atoms with Crippen LogP contribution in [0.1, 0.15) is 37.3 Å². The molecule has 3 aromatic carbocycles. The molecule has 0 radical (unpaired) electrons. The Labute approximate surface area is 160 Å². The number of nitrogens with one attached hydrogen (secondary N) is 1. The van der Waals surface area contributed by atoms with Gasteiger partial charge in [-0.25, -0.2) is 0 Å². The summed E-state index contributed by atoms with van der Waals surface area (Å²) < 4.78 is 5.64. The lowest BCUT2D eigenvalue weighted by Gasteiger charge is -2.09. The molecule has 138 valence electrons. The van der Waals surface area contributed by atoms with Crippen molar-refractivity contribution in [2.45, 2.75) is 38.9 Å². The Kier molecular flexibility index (Phi) is 4.95. The highest BCUT2D eigenvalue weighted by Crippen LogP contribution is 2.48. The number of benzene rings is 3. The van der Waals surface area contributed by atoms with Crippen LogP contribution in [0.2, 0.25) is 0 Å². The fourth-order valence-electron chi connectivity index (χ4n) is 3.48. The largest absolute Gasteiger partial charge is 0.374 e. The standard InChI is InChI=1S/C24H25NO2/c1-16(2)27-15-17-7-9-19(10-8-17)22-14-23(22)24(26)25-21-12-11-18-5-3-4-6-20(18)13-21/h3-13,16,22-23H,14-15H2,1-2H3,(H,25,26). The lowest BCUT2D eigenvalue weighted by Crippen LogP contribution is -2.14. The van der Waals surface area contributed by atoms with Gasteiger partial charge in [-0.1, -0.05) is 54.6 Å². The number of hydrogen-bond acceptors (Lipinski definition) is 2. The molecule has 0 aromatic heterocycles. The van der Waals surface area contributed by atoms with E-state index < -0.39 is 0 Å². The van der Waals surface area contributed by atoms with Gasteiger partial charge in [0.05, 0.1) is 12.7 Å². The third kappa shape index (κ3) is 4.20. The SMILES string of the molecule is CC(C)OCc1ccc(C2CC2C(=O)Nc2ccc3ccccc3c2)cc1. The number of hydrogen-bond donors (Lipinski definition) is 1. The summed E-state index contributed by atoms with van der Waals surface area (Å²) in [5.41, 5.74) is 3.28. The molecule has 2 atom stereocenters. The normalized spacial score (nSPS) is 18.6. The van der Waals surface area contributed by atoms with E-state index in [1.165, 1.54) is 16.5 Å². The molecule has 0 spiro atoms. The lowest BCUT2D eigenvalue weighted by molar-refractivity contribution is -0.117. The number of carbonyl (C=O) groups excluding carboxylic acids is 1. The Morgan fingerprint density at radius 2 is 1.78 bits per heavy atom. The van der Waals surface area contributed by atoms with Crippen LogP contribution in [0, 0.1) is 5.92 Å². The van der Waals surface area contributed by atoms with Gasteiger partial charge in [0.25, 0.3) is 0 Å². The van der Waals surface area contributed by atoms with Crippen LogP contribution in [0.4, 0.5) is 5.69 Å². The van der Waals surface area contributed by atoms with Crippen LogP contribution in [0.25, 0.3) is 10.8 Å². The molecule has 1 fully saturated rings. The summed E-state index contributed by atoms with van der Waals surface area (Å²) in [5, 5.41) is 5.40. The van der Waals surface area contributed by atoms with Crippen LogP contribution in [0.15, 0.2) is 66.7 Å². The summed E-state index contributed by atoms with van der Waals surface area (Å²) in [6, 6.07) is 22.7. The Morgan fingerprint density at radius 3 is 2.52 bits per heavy atom. The molecule has 2 unspecified atom stereocenters. The van der Waals surface area contributed by atoms with Gasteiger partial charge in [-0.2, -0.15) is 0 Å². The molecule has 0 aliphatic heterocycles. The summed E-state index contributed by atoms with van der Waals surface area (Å²) in [6.45, 7) is 4.71. The van der Waals surface area contributed by atoms with Crippen molar-refractivity contribution < 1.29 is 9.53 Å². The molecule has 3 aromatic rings. The molecule has 0 heterocycles. The first-order chi connectivity index (χ1) is 13.1. The number of fused-ring (bicyclic) bond motifs is 1. The molecule has 1 amide bonds. The molecule has 1 aliphatic rings. The number of amides is 1. The van der Waals surface area contributed by atoms with E-state index in [4.69, 9.17) is 4.74 Å². The molecule has 27 heavy (non-hydrogen) atoms. The summed E-state index contributed by atoms with van der Waals surface area (Å²) in [5.74, 6) is 0.502. The maximum Gasteiger partial charge on any atom is 0.228 e. The van der Waals surface area contributed by atoms with E-state index in [9.17, 15) is 4.79 Å². The molecule has 0 saturated heterocycles. The number of rotatable bonds is 6. The zero-order valence-electron chi connectivity index (χ0n) is 15.8. The summed E-state index contributed by atoms with van der Waals surface area (Å²) in [4.78, 5) is 12.6. The van der Waals surface area contributed by atoms with Gasteiger partial charge in [-0.15, -0.1) is 0 Å². The first-order valence-electron chi connectivity index (χ1n) is 9.60. The van der Waals surface area contributed by atoms with Crippen molar-refractivity contribution in [1.82, 2.24) is 0 Å². The van der Waals surface area contributed by atoms with Crippen LogP contribution in [0.5, 0.6) is 0 Å². The van der Waals surface area contributed by atoms with E-state index in [2.05, 4.69) is 41.7 Å². The maximum absolute atomic E-state index is 12.6. The molecular weight excluding hydrogens is 334 g/mol. The van der Waals surface area contributed by atoms with Crippen molar-refractivity contribution in [2.24, 2.45) is 5.92 Å². The highest BCUT2D eigenvalue weighted by molar-refractivity contribution is 5.97. The fourth-order valence-corrected chi connectivity index (χ4v) is 3.48. The minimum absolute atomic E-state index is 0.0641. The molecular formula is C24H25NO2. The van der Waals surface area contributed by atoms with Crippen LogP contribution < -0.4 is 5.32 Å². The number of carbonyl (C=O) groups is 1. The highest BCUT2D eigenvalue weighted by atomic mass is 16.5. The van der Waals surface area contributed by atoms with Gasteiger partial charge in [-0.3, -0.25) is 4.79 Å². The smallest absolute Gasteiger partial charge is 0.228 e. The first-order valence-corrected chi connectivity index (χ1v) is 9.60. The van der Waals surface area contributed by atoms with E-state index in [0.29, 0.717) is 12.5 Å². The minimum atomic E-state index is 0.0641. The van der Waals surface area contributed by atoms with E-state index in [-0.39, 0.29) is 17.9 Å². The molecule has 3 nitrogen and oxygen atoms in total. The minimum Gasteiger partial charge on any atom is -0.374 e. The van der Waals surface area contributed by atoms with Crippen molar-refractivity contribution in [3.8, 4) is 0 Å². The van der Waals surface area contributed by atoms with Crippen LogP contribution in [-0.4, -0.2) is 12.0 Å².